The molecular weight excluding hydrogens is 469 g/mol. The molecule has 0 N–H and O–H groups in total. The summed E-state index contributed by atoms with van der Waals surface area (Å²) in [5, 5.41) is 13.3. The molecule has 0 fully saturated rings. The molecule has 0 saturated carbocycles. The van der Waals surface area contributed by atoms with E-state index in [0.29, 0.717) is 12.1 Å². The summed E-state index contributed by atoms with van der Waals surface area (Å²) in [5.41, 5.74) is 2.30. The van der Waals surface area contributed by atoms with Crippen LogP contribution < -0.4 is 0 Å². The molecular formula is C26H28FN3O4S. The first-order valence-electron chi connectivity index (χ1n) is 11.2. The zero-order chi connectivity index (χ0) is 25.7. The van der Waals surface area contributed by atoms with Crippen LogP contribution in [0.3, 0.4) is 0 Å². The number of rotatable bonds is 9. The Bertz CT molecular complexity index is 1220. The van der Waals surface area contributed by atoms with Gasteiger partial charge in [-0.2, -0.15) is 0 Å². The summed E-state index contributed by atoms with van der Waals surface area (Å²) in [7, 11) is 0. The number of carbonyl (C=O) groups is 2. The lowest BCUT2D eigenvalue weighted by atomic mass is 10.1. The third kappa shape index (κ3) is 6.51. The number of nitro groups is 1. The maximum absolute atomic E-state index is 13.5. The molecule has 184 valence electrons. The minimum atomic E-state index is -0.523. The highest BCUT2D eigenvalue weighted by atomic mass is 32.1. The second-order valence-corrected chi connectivity index (χ2v) is 9.69. The van der Waals surface area contributed by atoms with Gasteiger partial charge in [-0.3, -0.25) is 19.7 Å². The number of carbonyl (C=O) groups excluding carboxylic acids is 2. The lowest BCUT2D eigenvalue weighted by Gasteiger charge is -2.30. The highest BCUT2D eigenvalue weighted by molar-refractivity contribution is 7.10. The van der Waals surface area contributed by atoms with Gasteiger partial charge in [0.2, 0.25) is 5.91 Å². The molecule has 2 aromatic carbocycles. The summed E-state index contributed by atoms with van der Waals surface area (Å²) < 4.78 is 13.4. The molecule has 0 atom stereocenters. The normalized spacial score (nSPS) is 10.9. The van der Waals surface area contributed by atoms with Gasteiger partial charge < -0.3 is 9.80 Å². The van der Waals surface area contributed by atoms with Crippen LogP contribution in [0.5, 0.6) is 0 Å². The van der Waals surface area contributed by atoms with Gasteiger partial charge in [-0.05, 0) is 68.5 Å². The van der Waals surface area contributed by atoms with Crippen molar-refractivity contribution in [3.05, 3.63) is 97.0 Å². The molecule has 0 bridgehead atoms. The van der Waals surface area contributed by atoms with Gasteiger partial charge in [-0.15, -0.1) is 11.3 Å². The van der Waals surface area contributed by atoms with E-state index in [1.807, 2.05) is 18.4 Å². The van der Waals surface area contributed by atoms with Crippen LogP contribution in [0.25, 0.3) is 0 Å². The highest BCUT2D eigenvalue weighted by Gasteiger charge is 2.26. The number of benzene rings is 2. The van der Waals surface area contributed by atoms with E-state index >= 15 is 0 Å². The molecule has 9 heteroatoms. The van der Waals surface area contributed by atoms with Crippen LogP contribution in [0.1, 0.15) is 45.8 Å². The molecule has 0 aliphatic heterocycles. The highest BCUT2D eigenvalue weighted by Crippen LogP contribution is 2.22. The Balaban J connectivity index is 1.86. The summed E-state index contributed by atoms with van der Waals surface area (Å²) in [6, 6.07) is 12.0. The standard InChI is InChI=1S/C26H28FN3O4S/c1-17(2)29(26(32)21-8-5-18(3)23(13-21)30(33)34)16-25(31)28(15-24-19(4)11-12-35-24)14-20-6-9-22(27)10-7-20/h5-13,17H,14-16H2,1-4H3. The van der Waals surface area contributed by atoms with E-state index < -0.39 is 10.8 Å². The van der Waals surface area contributed by atoms with E-state index in [1.165, 1.54) is 35.2 Å². The smallest absolute Gasteiger partial charge is 0.273 e. The van der Waals surface area contributed by atoms with Crippen molar-refractivity contribution in [2.45, 2.75) is 46.8 Å². The largest absolute Gasteiger partial charge is 0.332 e. The van der Waals surface area contributed by atoms with Gasteiger partial charge >= 0.3 is 0 Å². The van der Waals surface area contributed by atoms with Crippen molar-refractivity contribution >= 4 is 28.8 Å². The van der Waals surface area contributed by atoms with Gasteiger partial charge in [0.25, 0.3) is 11.6 Å². The number of nitro benzene ring substituents is 1. The molecule has 0 radical (unpaired) electrons. The van der Waals surface area contributed by atoms with Crippen LogP contribution in [0, 0.1) is 29.8 Å². The predicted molar refractivity (Wildman–Crippen MR) is 134 cm³/mol. The number of halogens is 1. The maximum Gasteiger partial charge on any atom is 0.273 e. The van der Waals surface area contributed by atoms with Gasteiger partial charge in [0.15, 0.2) is 0 Å². The van der Waals surface area contributed by atoms with Crippen molar-refractivity contribution in [3.8, 4) is 0 Å². The van der Waals surface area contributed by atoms with Crippen LogP contribution in [0.4, 0.5) is 10.1 Å². The van der Waals surface area contributed by atoms with Crippen LogP contribution >= 0.6 is 11.3 Å². The van der Waals surface area contributed by atoms with E-state index in [9.17, 15) is 24.1 Å². The Labute approximate surface area is 207 Å². The molecule has 3 rings (SSSR count). The third-order valence-electron chi connectivity index (χ3n) is 5.78. The molecule has 0 aliphatic carbocycles. The van der Waals surface area contributed by atoms with Gasteiger partial charge in [0.1, 0.15) is 12.4 Å². The van der Waals surface area contributed by atoms with Crippen LogP contribution in [-0.4, -0.2) is 39.1 Å². The van der Waals surface area contributed by atoms with E-state index in [4.69, 9.17) is 0 Å². The summed E-state index contributed by atoms with van der Waals surface area (Å²) in [6.07, 6.45) is 0. The van der Waals surface area contributed by atoms with E-state index in [0.717, 1.165) is 16.0 Å². The first-order chi connectivity index (χ1) is 16.6. The van der Waals surface area contributed by atoms with E-state index in [-0.39, 0.29) is 42.1 Å². The lowest BCUT2D eigenvalue weighted by Crippen LogP contribution is -2.45. The second kappa shape index (κ2) is 11.2. The van der Waals surface area contributed by atoms with Crippen molar-refractivity contribution in [2.24, 2.45) is 0 Å². The fourth-order valence-corrected chi connectivity index (χ4v) is 4.54. The first kappa shape index (κ1) is 26.0. The predicted octanol–water partition coefficient (Wildman–Crippen LogP) is 5.49. The first-order valence-corrected chi connectivity index (χ1v) is 12.1. The van der Waals surface area contributed by atoms with Crippen molar-refractivity contribution in [3.63, 3.8) is 0 Å². The van der Waals surface area contributed by atoms with Crippen molar-refractivity contribution in [1.29, 1.82) is 0 Å². The summed E-state index contributed by atoms with van der Waals surface area (Å²) in [4.78, 5) is 41.7. The van der Waals surface area contributed by atoms with Gasteiger partial charge in [-0.25, -0.2) is 4.39 Å². The molecule has 0 aliphatic rings. The zero-order valence-corrected chi connectivity index (χ0v) is 21.0. The fourth-order valence-electron chi connectivity index (χ4n) is 3.62. The molecule has 1 heterocycles. The molecule has 3 aromatic rings. The summed E-state index contributed by atoms with van der Waals surface area (Å²) in [5.74, 6) is -1.08. The summed E-state index contributed by atoms with van der Waals surface area (Å²) >= 11 is 1.54. The van der Waals surface area contributed by atoms with E-state index in [2.05, 4.69) is 0 Å². The molecule has 7 nitrogen and oxygen atoms in total. The number of amides is 2. The maximum atomic E-state index is 13.5. The molecule has 0 unspecified atom stereocenters. The summed E-state index contributed by atoms with van der Waals surface area (Å²) in [6.45, 7) is 7.59. The Morgan fingerprint density at radius 3 is 2.29 bits per heavy atom. The number of hydrogen-bond donors (Lipinski definition) is 0. The number of thiophene rings is 1. The Kier molecular flexibility index (Phi) is 8.34. The topological polar surface area (TPSA) is 83.8 Å². The van der Waals surface area contributed by atoms with E-state index in [1.54, 1.807) is 49.1 Å². The second-order valence-electron chi connectivity index (χ2n) is 8.69. The Morgan fingerprint density at radius 1 is 1.03 bits per heavy atom. The van der Waals surface area contributed by atoms with Gasteiger partial charge in [0.05, 0.1) is 11.5 Å². The third-order valence-corrected chi connectivity index (χ3v) is 6.79. The lowest BCUT2D eigenvalue weighted by molar-refractivity contribution is -0.385. The number of aryl methyl sites for hydroxylation is 2. The molecule has 35 heavy (non-hydrogen) atoms. The number of hydrogen-bond acceptors (Lipinski definition) is 5. The van der Waals surface area contributed by atoms with Crippen LogP contribution in [-0.2, 0) is 17.9 Å². The van der Waals surface area contributed by atoms with Crippen molar-refractivity contribution in [1.82, 2.24) is 9.80 Å². The molecule has 2 amide bonds. The van der Waals surface area contributed by atoms with Crippen molar-refractivity contribution in [2.75, 3.05) is 6.54 Å². The molecule has 0 spiro atoms. The van der Waals surface area contributed by atoms with Gasteiger partial charge in [0, 0.05) is 34.7 Å². The Hall–Kier alpha value is -3.59. The monoisotopic (exact) mass is 497 g/mol. The fraction of sp³-hybridized carbons (Fsp3) is 0.308. The van der Waals surface area contributed by atoms with Gasteiger partial charge in [-0.1, -0.05) is 18.2 Å². The van der Waals surface area contributed by atoms with Crippen LogP contribution in [0.15, 0.2) is 53.9 Å². The van der Waals surface area contributed by atoms with Crippen molar-refractivity contribution < 1.29 is 18.9 Å². The Morgan fingerprint density at radius 2 is 1.71 bits per heavy atom. The molecule has 1 aromatic heterocycles. The average molecular weight is 498 g/mol. The minimum absolute atomic E-state index is 0.142. The zero-order valence-electron chi connectivity index (χ0n) is 20.2. The quantitative estimate of drug-likeness (QED) is 0.289. The minimum Gasteiger partial charge on any atom is -0.332 e. The molecule has 0 saturated heterocycles. The van der Waals surface area contributed by atoms with Crippen LogP contribution in [0.2, 0.25) is 0 Å². The SMILES string of the molecule is Cc1ccc(C(=O)N(CC(=O)N(Cc2ccc(F)cc2)Cc2sccc2C)C(C)C)cc1[N+](=O)[O-]. The number of nitrogens with zero attached hydrogens (tertiary/aromatic N) is 3. The average Bonchev–Trinajstić information content (AvgIpc) is 3.22.